The number of carbonyl (C=O) groups excluding carboxylic acids is 3. The summed E-state index contributed by atoms with van der Waals surface area (Å²) >= 11 is 1.16. The number of thiophene rings is 1. The third-order valence-corrected chi connectivity index (χ3v) is 6.73. The van der Waals surface area contributed by atoms with E-state index in [0.29, 0.717) is 32.8 Å². The second-order valence-electron chi connectivity index (χ2n) is 7.45. The third kappa shape index (κ3) is 3.37. The Labute approximate surface area is 157 Å². The van der Waals surface area contributed by atoms with E-state index in [9.17, 15) is 14.4 Å². The van der Waals surface area contributed by atoms with Gasteiger partial charge in [-0.15, -0.1) is 11.3 Å². The van der Waals surface area contributed by atoms with Crippen molar-refractivity contribution in [3.05, 3.63) is 16.0 Å². The minimum Gasteiger partial charge on any atom is -0.462 e. The van der Waals surface area contributed by atoms with E-state index in [1.807, 2.05) is 0 Å². The van der Waals surface area contributed by atoms with E-state index in [2.05, 4.69) is 5.32 Å². The van der Waals surface area contributed by atoms with Gasteiger partial charge in [-0.05, 0) is 50.5 Å². The van der Waals surface area contributed by atoms with Gasteiger partial charge in [0, 0.05) is 20.0 Å². The molecule has 0 spiro atoms. The number of anilines is 1. The maximum Gasteiger partial charge on any atom is 0.341 e. The number of nitrogens with zero attached hydrogens (tertiary/aromatic N) is 1. The van der Waals surface area contributed by atoms with Crippen LogP contribution < -0.4 is 5.32 Å². The Morgan fingerprint density at radius 2 is 1.96 bits per heavy atom. The van der Waals surface area contributed by atoms with Gasteiger partial charge in [-0.1, -0.05) is 6.42 Å². The highest BCUT2D eigenvalue weighted by molar-refractivity contribution is 7.18. The van der Waals surface area contributed by atoms with Crippen molar-refractivity contribution in [2.75, 3.05) is 26.0 Å². The van der Waals surface area contributed by atoms with E-state index >= 15 is 0 Å². The Kier molecular flexibility index (Phi) is 5.37. The molecule has 0 aliphatic heterocycles. The molecule has 2 aliphatic carbocycles. The highest BCUT2D eigenvalue weighted by atomic mass is 32.1. The molecule has 0 unspecified atom stereocenters. The summed E-state index contributed by atoms with van der Waals surface area (Å²) in [6.45, 7) is 3.70. The number of hydrogen-bond acceptors (Lipinski definition) is 5. The first-order valence-corrected chi connectivity index (χ1v) is 9.98. The van der Waals surface area contributed by atoms with Crippen molar-refractivity contribution in [3.8, 4) is 0 Å². The maximum atomic E-state index is 12.8. The predicted octanol–water partition coefficient (Wildman–Crippen LogP) is 3.31. The molecule has 2 bridgehead atoms. The van der Waals surface area contributed by atoms with Crippen molar-refractivity contribution < 1.29 is 19.1 Å². The SMILES string of the molecule is CCOC(=O)c1c(NC(=O)[C@@H]2C[C@H]3CC[C@H]2C3)sc(C(=O)N(C)C)c1C. The fourth-order valence-electron chi connectivity index (χ4n) is 4.23. The molecule has 0 saturated heterocycles. The van der Waals surface area contributed by atoms with Crippen molar-refractivity contribution in [2.24, 2.45) is 17.8 Å². The van der Waals surface area contributed by atoms with E-state index in [1.54, 1.807) is 27.9 Å². The molecule has 7 heteroatoms. The van der Waals surface area contributed by atoms with Gasteiger partial charge in [-0.25, -0.2) is 4.79 Å². The average molecular weight is 378 g/mol. The van der Waals surface area contributed by atoms with Gasteiger partial charge in [-0.2, -0.15) is 0 Å². The van der Waals surface area contributed by atoms with Crippen molar-refractivity contribution >= 4 is 34.1 Å². The van der Waals surface area contributed by atoms with Crippen LogP contribution in [0.2, 0.25) is 0 Å². The van der Waals surface area contributed by atoms with Crippen LogP contribution in [-0.4, -0.2) is 43.4 Å². The molecule has 142 valence electrons. The lowest BCUT2D eigenvalue weighted by Crippen LogP contribution is -2.27. The van der Waals surface area contributed by atoms with Gasteiger partial charge in [0.2, 0.25) is 5.91 Å². The van der Waals surface area contributed by atoms with E-state index in [1.165, 1.54) is 11.3 Å². The summed E-state index contributed by atoms with van der Waals surface area (Å²) in [6, 6.07) is 0. The zero-order valence-corrected chi connectivity index (χ0v) is 16.6. The lowest BCUT2D eigenvalue weighted by molar-refractivity contribution is -0.121. The molecule has 6 nitrogen and oxygen atoms in total. The van der Waals surface area contributed by atoms with Gasteiger partial charge in [0.25, 0.3) is 5.91 Å². The molecule has 2 saturated carbocycles. The molecule has 0 aromatic carbocycles. The molecule has 1 heterocycles. The molecule has 2 fully saturated rings. The Morgan fingerprint density at radius 3 is 2.50 bits per heavy atom. The summed E-state index contributed by atoms with van der Waals surface area (Å²) in [6.07, 6.45) is 4.40. The van der Waals surface area contributed by atoms with Gasteiger partial charge in [-0.3, -0.25) is 9.59 Å². The van der Waals surface area contributed by atoms with Crippen LogP contribution in [0.25, 0.3) is 0 Å². The minimum absolute atomic E-state index is 0.0131. The fourth-order valence-corrected chi connectivity index (χ4v) is 5.45. The molecule has 26 heavy (non-hydrogen) atoms. The third-order valence-electron chi connectivity index (χ3n) is 5.54. The maximum absolute atomic E-state index is 12.8. The van der Waals surface area contributed by atoms with Crippen molar-refractivity contribution in [3.63, 3.8) is 0 Å². The average Bonchev–Trinajstić information content (AvgIpc) is 3.28. The van der Waals surface area contributed by atoms with Crippen LogP contribution in [-0.2, 0) is 9.53 Å². The van der Waals surface area contributed by atoms with E-state index in [4.69, 9.17) is 4.74 Å². The quantitative estimate of drug-likeness (QED) is 0.798. The molecule has 2 aliphatic rings. The first-order chi connectivity index (χ1) is 12.3. The standard InChI is InChI=1S/C19H26N2O4S/c1-5-25-19(24)14-10(2)15(18(23)21(3)4)26-17(14)20-16(22)13-9-11-6-7-12(13)8-11/h11-13H,5-9H2,1-4H3,(H,20,22)/t11-,12-,13+/m0/s1. The molecule has 0 radical (unpaired) electrons. The van der Waals surface area contributed by atoms with E-state index in [-0.39, 0.29) is 24.3 Å². The van der Waals surface area contributed by atoms with Crippen molar-refractivity contribution in [2.45, 2.75) is 39.5 Å². The number of ether oxygens (including phenoxy) is 1. The number of nitrogens with one attached hydrogen (secondary N) is 1. The summed E-state index contributed by atoms with van der Waals surface area (Å²) in [4.78, 5) is 39.6. The Hall–Kier alpha value is -1.89. The van der Waals surface area contributed by atoms with Crippen LogP contribution >= 0.6 is 11.3 Å². The second kappa shape index (κ2) is 7.39. The summed E-state index contributed by atoms with van der Waals surface area (Å²) < 4.78 is 5.15. The monoisotopic (exact) mass is 378 g/mol. The molecule has 1 aromatic heterocycles. The van der Waals surface area contributed by atoms with Crippen LogP contribution in [0.5, 0.6) is 0 Å². The predicted molar refractivity (Wildman–Crippen MR) is 101 cm³/mol. The molecule has 3 atom stereocenters. The molecule has 2 amide bonds. The summed E-state index contributed by atoms with van der Waals surface area (Å²) in [5.41, 5.74) is 0.869. The zero-order chi connectivity index (χ0) is 19.0. The van der Waals surface area contributed by atoms with Crippen LogP contribution in [0.3, 0.4) is 0 Å². The first-order valence-electron chi connectivity index (χ1n) is 9.16. The lowest BCUT2D eigenvalue weighted by atomic mass is 9.88. The number of fused-ring (bicyclic) bond motifs is 2. The Balaban J connectivity index is 1.89. The largest absolute Gasteiger partial charge is 0.462 e. The summed E-state index contributed by atoms with van der Waals surface area (Å²) in [7, 11) is 3.33. The first kappa shape index (κ1) is 18.9. The van der Waals surface area contributed by atoms with Gasteiger partial charge in [0.1, 0.15) is 5.00 Å². The van der Waals surface area contributed by atoms with Crippen LogP contribution in [0, 0.1) is 24.7 Å². The fraction of sp³-hybridized carbons (Fsp3) is 0.632. The van der Waals surface area contributed by atoms with Crippen molar-refractivity contribution in [1.29, 1.82) is 0 Å². The number of amides is 2. The van der Waals surface area contributed by atoms with E-state index < -0.39 is 5.97 Å². The van der Waals surface area contributed by atoms with Gasteiger partial charge in [0.05, 0.1) is 17.0 Å². The molecular formula is C19H26N2O4S. The number of rotatable bonds is 5. The summed E-state index contributed by atoms with van der Waals surface area (Å²) in [5, 5.41) is 3.37. The van der Waals surface area contributed by atoms with Gasteiger partial charge >= 0.3 is 5.97 Å². The van der Waals surface area contributed by atoms with Crippen LogP contribution in [0.4, 0.5) is 5.00 Å². The lowest BCUT2D eigenvalue weighted by Gasteiger charge is -2.20. The highest BCUT2D eigenvalue weighted by Gasteiger charge is 2.43. The molecule has 1 N–H and O–H groups in total. The number of carbonyl (C=O) groups is 3. The van der Waals surface area contributed by atoms with Crippen LogP contribution in [0.1, 0.15) is 58.2 Å². The van der Waals surface area contributed by atoms with Crippen LogP contribution in [0.15, 0.2) is 0 Å². The van der Waals surface area contributed by atoms with E-state index in [0.717, 1.165) is 30.6 Å². The second-order valence-corrected chi connectivity index (χ2v) is 8.47. The molecular weight excluding hydrogens is 352 g/mol. The topological polar surface area (TPSA) is 75.7 Å². The van der Waals surface area contributed by atoms with Gasteiger partial charge < -0.3 is 15.0 Å². The van der Waals surface area contributed by atoms with Gasteiger partial charge in [0.15, 0.2) is 0 Å². The smallest absolute Gasteiger partial charge is 0.341 e. The molecule has 1 aromatic rings. The normalized spacial score (nSPS) is 23.8. The zero-order valence-electron chi connectivity index (χ0n) is 15.8. The summed E-state index contributed by atoms with van der Waals surface area (Å²) in [5.74, 6) is 0.416. The number of hydrogen-bond donors (Lipinski definition) is 1. The minimum atomic E-state index is -0.498. The molecule has 3 rings (SSSR count). The Bertz CT molecular complexity index is 740. The Morgan fingerprint density at radius 1 is 1.23 bits per heavy atom. The van der Waals surface area contributed by atoms with Crippen molar-refractivity contribution in [1.82, 2.24) is 4.90 Å². The number of esters is 1. The highest BCUT2D eigenvalue weighted by Crippen LogP contribution is 2.49.